The van der Waals surface area contributed by atoms with Crippen LogP contribution in [-0.2, 0) is 0 Å². The molecule has 1 aliphatic heterocycles. The maximum atomic E-state index is 4.05. The van der Waals surface area contributed by atoms with Crippen molar-refractivity contribution in [2.75, 3.05) is 6.54 Å². The van der Waals surface area contributed by atoms with Crippen molar-refractivity contribution >= 4 is 23.2 Å². The first-order chi connectivity index (χ1) is 3.00. The third-order valence-electron chi connectivity index (χ3n) is 1.000. The topological polar surface area (TPSA) is 12.4 Å². The van der Waals surface area contributed by atoms with Crippen molar-refractivity contribution in [3.05, 3.63) is 0 Å². The normalized spacial score (nSPS) is 18.3. The summed E-state index contributed by atoms with van der Waals surface area (Å²) >= 11 is 0. The van der Waals surface area contributed by atoms with Crippen molar-refractivity contribution in [3.8, 4) is 0 Å². The Bertz CT molecular complexity index is 53.1. The summed E-state index contributed by atoms with van der Waals surface area (Å²) in [6.45, 7) is 1.07. The molecule has 0 radical (unpaired) electrons. The maximum Gasteiger partial charge on any atom is 0.0385 e. The summed E-state index contributed by atoms with van der Waals surface area (Å²) < 4.78 is 0. The molecule has 0 aliphatic carbocycles. The van der Waals surface area contributed by atoms with Crippen LogP contribution in [0.1, 0.15) is 19.3 Å². The number of aliphatic imine (C=N–C) groups is 1. The van der Waals surface area contributed by atoms with Gasteiger partial charge in [-0.1, -0.05) is 0 Å². The SMILES string of the molecule is Br.C1=NCCCC1. The summed E-state index contributed by atoms with van der Waals surface area (Å²) in [5.41, 5.74) is 0. The summed E-state index contributed by atoms with van der Waals surface area (Å²) in [7, 11) is 0. The molecular weight excluding hydrogens is 154 g/mol. The summed E-state index contributed by atoms with van der Waals surface area (Å²) in [6.07, 6.45) is 5.88. The molecule has 7 heavy (non-hydrogen) atoms. The van der Waals surface area contributed by atoms with E-state index in [-0.39, 0.29) is 17.0 Å². The minimum absolute atomic E-state index is 0. The Morgan fingerprint density at radius 2 is 2.14 bits per heavy atom. The Hall–Kier alpha value is 0.150. The van der Waals surface area contributed by atoms with Gasteiger partial charge in [0.2, 0.25) is 0 Å². The van der Waals surface area contributed by atoms with E-state index in [1.54, 1.807) is 0 Å². The molecule has 0 N–H and O–H groups in total. The lowest BCUT2D eigenvalue weighted by Crippen LogP contribution is -1.89. The molecule has 0 spiro atoms. The monoisotopic (exact) mass is 163 g/mol. The second kappa shape index (κ2) is 4.31. The third-order valence-corrected chi connectivity index (χ3v) is 1.000. The average molecular weight is 164 g/mol. The van der Waals surface area contributed by atoms with Gasteiger partial charge in [-0.05, 0) is 25.5 Å². The van der Waals surface area contributed by atoms with Gasteiger partial charge in [0.05, 0.1) is 0 Å². The average Bonchev–Trinajstić information content (AvgIpc) is 1.72. The lowest BCUT2D eigenvalue weighted by Gasteiger charge is -1.97. The number of hydrogen-bond acceptors (Lipinski definition) is 1. The molecule has 42 valence electrons. The van der Waals surface area contributed by atoms with Crippen LogP contribution in [0.4, 0.5) is 0 Å². The maximum absolute atomic E-state index is 4.05. The number of hydrogen-bond donors (Lipinski definition) is 0. The molecule has 0 atom stereocenters. The van der Waals surface area contributed by atoms with Crippen molar-refractivity contribution in [2.45, 2.75) is 19.3 Å². The van der Waals surface area contributed by atoms with E-state index in [0.717, 1.165) is 6.54 Å². The van der Waals surface area contributed by atoms with Gasteiger partial charge in [0.1, 0.15) is 0 Å². The van der Waals surface area contributed by atoms with Crippen molar-refractivity contribution in [3.63, 3.8) is 0 Å². The summed E-state index contributed by atoms with van der Waals surface area (Å²) in [6, 6.07) is 0. The first kappa shape index (κ1) is 7.15. The lowest BCUT2D eigenvalue weighted by atomic mass is 10.2. The Morgan fingerprint density at radius 1 is 1.29 bits per heavy atom. The van der Waals surface area contributed by atoms with E-state index in [1.165, 1.54) is 19.3 Å². The van der Waals surface area contributed by atoms with Gasteiger partial charge in [-0.25, -0.2) is 0 Å². The van der Waals surface area contributed by atoms with Crippen molar-refractivity contribution in [2.24, 2.45) is 4.99 Å². The van der Waals surface area contributed by atoms with E-state index in [0.29, 0.717) is 0 Å². The smallest absolute Gasteiger partial charge is 0.0385 e. The first-order valence-electron chi connectivity index (χ1n) is 2.48. The summed E-state index contributed by atoms with van der Waals surface area (Å²) in [5.74, 6) is 0. The predicted octanol–water partition coefficient (Wildman–Crippen LogP) is 1.82. The van der Waals surface area contributed by atoms with Crippen molar-refractivity contribution < 1.29 is 0 Å². The van der Waals surface area contributed by atoms with E-state index in [4.69, 9.17) is 0 Å². The van der Waals surface area contributed by atoms with Crippen molar-refractivity contribution in [1.82, 2.24) is 0 Å². The molecule has 0 aromatic heterocycles. The molecule has 1 heterocycles. The van der Waals surface area contributed by atoms with E-state index < -0.39 is 0 Å². The quantitative estimate of drug-likeness (QED) is 0.517. The summed E-state index contributed by atoms with van der Waals surface area (Å²) in [5, 5.41) is 0. The van der Waals surface area contributed by atoms with Crippen LogP contribution in [0, 0.1) is 0 Å². The molecule has 1 nitrogen and oxygen atoms in total. The highest BCUT2D eigenvalue weighted by Crippen LogP contribution is 1.97. The highest BCUT2D eigenvalue weighted by atomic mass is 79.9. The highest BCUT2D eigenvalue weighted by Gasteiger charge is 1.88. The molecule has 1 aliphatic rings. The Morgan fingerprint density at radius 3 is 2.29 bits per heavy atom. The van der Waals surface area contributed by atoms with Crippen LogP contribution in [0.2, 0.25) is 0 Å². The Balaban J connectivity index is 0.000000360. The molecule has 1 rings (SSSR count). The molecule has 0 fully saturated rings. The van der Waals surface area contributed by atoms with Crippen LogP contribution < -0.4 is 0 Å². The first-order valence-corrected chi connectivity index (χ1v) is 2.48. The fraction of sp³-hybridized carbons (Fsp3) is 0.800. The minimum Gasteiger partial charge on any atom is -0.298 e. The zero-order valence-corrected chi connectivity index (χ0v) is 5.97. The number of rotatable bonds is 0. The van der Waals surface area contributed by atoms with Gasteiger partial charge in [0.15, 0.2) is 0 Å². The highest BCUT2D eigenvalue weighted by molar-refractivity contribution is 8.93. The van der Waals surface area contributed by atoms with Crippen LogP contribution in [0.25, 0.3) is 0 Å². The molecule has 0 amide bonds. The van der Waals surface area contributed by atoms with Crippen LogP contribution in [0.5, 0.6) is 0 Å². The van der Waals surface area contributed by atoms with Crippen LogP contribution in [0.15, 0.2) is 4.99 Å². The van der Waals surface area contributed by atoms with Gasteiger partial charge in [0.25, 0.3) is 0 Å². The second-order valence-electron chi connectivity index (χ2n) is 1.58. The predicted molar refractivity (Wildman–Crippen MR) is 37.5 cm³/mol. The number of halogens is 1. The van der Waals surface area contributed by atoms with E-state index in [9.17, 15) is 0 Å². The van der Waals surface area contributed by atoms with Crippen LogP contribution in [0.3, 0.4) is 0 Å². The molecule has 0 bridgehead atoms. The standard InChI is InChI=1S/C5H9N.BrH/c1-2-4-6-5-3-1;/h4H,1-3,5H2;1H. The Labute approximate surface area is 54.6 Å². The van der Waals surface area contributed by atoms with E-state index in [2.05, 4.69) is 4.99 Å². The third kappa shape index (κ3) is 2.80. The fourth-order valence-electron chi connectivity index (χ4n) is 0.621. The van der Waals surface area contributed by atoms with Gasteiger partial charge in [0, 0.05) is 6.54 Å². The van der Waals surface area contributed by atoms with Gasteiger partial charge in [-0.3, -0.25) is 4.99 Å². The largest absolute Gasteiger partial charge is 0.298 e. The fourth-order valence-corrected chi connectivity index (χ4v) is 0.621. The van der Waals surface area contributed by atoms with E-state index in [1.807, 2.05) is 6.21 Å². The molecule has 0 saturated heterocycles. The number of nitrogens with zero attached hydrogens (tertiary/aromatic N) is 1. The zero-order valence-electron chi connectivity index (χ0n) is 4.26. The van der Waals surface area contributed by atoms with Crippen LogP contribution in [-0.4, -0.2) is 12.8 Å². The summed E-state index contributed by atoms with van der Waals surface area (Å²) in [4.78, 5) is 4.05. The van der Waals surface area contributed by atoms with Crippen LogP contribution >= 0.6 is 17.0 Å². The van der Waals surface area contributed by atoms with Gasteiger partial charge in [-0.15, -0.1) is 17.0 Å². The molecule has 2 heteroatoms. The second-order valence-corrected chi connectivity index (χ2v) is 1.58. The minimum atomic E-state index is 0. The lowest BCUT2D eigenvalue weighted by molar-refractivity contribution is 0.749. The zero-order chi connectivity index (χ0) is 4.24. The van der Waals surface area contributed by atoms with Gasteiger partial charge >= 0.3 is 0 Å². The van der Waals surface area contributed by atoms with Crippen molar-refractivity contribution in [1.29, 1.82) is 0 Å². The molecule has 0 aromatic rings. The van der Waals surface area contributed by atoms with Gasteiger partial charge < -0.3 is 0 Å². The van der Waals surface area contributed by atoms with E-state index >= 15 is 0 Å². The molecule has 0 unspecified atom stereocenters. The van der Waals surface area contributed by atoms with Gasteiger partial charge in [-0.2, -0.15) is 0 Å². The molecule has 0 saturated carbocycles. The Kier molecular flexibility index (Phi) is 4.41. The molecular formula is C5H10BrN. The molecule has 0 aromatic carbocycles.